The molecule has 0 aliphatic rings. The summed E-state index contributed by atoms with van der Waals surface area (Å²) in [5.41, 5.74) is 0.918. The van der Waals surface area contributed by atoms with Gasteiger partial charge in [0, 0.05) is 18.7 Å². The summed E-state index contributed by atoms with van der Waals surface area (Å²) in [6.07, 6.45) is 1.10. The van der Waals surface area contributed by atoms with Gasteiger partial charge in [0.15, 0.2) is 0 Å². The Morgan fingerprint density at radius 1 is 1.25 bits per heavy atom. The molecule has 126 valence electrons. The van der Waals surface area contributed by atoms with E-state index in [2.05, 4.69) is 5.32 Å². The number of hydrogen-bond acceptors (Lipinski definition) is 4. The van der Waals surface area contributed by atoms with Gasteiger partial charge in [-0.1, -0.05) is 41.9 Å². The van der Waals surface area contributed by atoms with Crippen LogP contribution >= 0.6 is 11.6 Å². The molecule has 0 aliphatic heterocycles. The normalized spacial score (nSPS) is 11.8. The summed E-state index contributed by atoms with van der Waals surface area (Å²) in [5.74, 6) is -0.415. The number of non-ortho nitro benzene ring substituents is 1. The van der Waals surface area contributed by atoms with Crippen LogP contribution in [-0.4, -0.2) is 22.5 Å². The molecule has 24 heavy (non-hydrogen) atoms. The second-order valence-electron chi connectivity index (χ2n) is 5.22. The minimum absolute atomic E-state index is 0.0238. The maximum absolute atomic E-state index is 12.5. The molecule has 0 spiro atoms. The van der Waals surface area contributed by atoms with Gasteiger partial charge in [-0.2, -0.15) is 0 Å². The molecule has 1 atom stereocenters. The Labute approximate surface area is 144 Å². The molecule has 6 nitrogen and oxygen atoms in total. The Bertz CT molecular complexity index is 722. The standard InChI is InChI=1S/C17H17ClN2O4/c18-15-11-13(20(23)24)8-9-14(15)17(22)19-16(7-4-10-21)12-5-2-1-3-6-12/h1-3,5-6,8-9,11,16,21H,4,7,10H2,(H,19,22). The highest BCUT2D eigenvalue weighted by atomic mass is 35.5. The Kier molecular flexibility index (Phi) is 6.28. The topological polar surface area (TPSA) is 92.5 Å². The molecule has 1 amide bonds. The number of aliphatic hydroxyl groups is 1. The van der Waals surface area contributed by atoms with E-state index in [1.807, 2.05) is 30.3 Å². The van der Waals surface area contributed by atoms with Crippen LogP contribution in [0, 0.1) is 10.1 Å². The average molecular weight is 349 g/mol. The van der Waals surface area contributed by atoms with Gasteiger partial charge >= 0.3 is 0 Å². The molecule has 0 heterocycles. The Morgan fingerprint density at radius 2 is 1.96 bits per heavy atom. The van der Waals surface area contributed by atoms with Crippen molar-refractivity contribution in [2.24, 2.45) is 0 Å². The van der Waals surface area contributed by atoms with Gasteiger partial charge in [0.05, 0.1) is 21.6 Å². The summed E-state index contributed by atoms with van der Waals surface area (Å²) < 4.78 is 0. The molecule has 0 radical (unpaired) electrons. The van der Waals surface area contributed by atoms with Gasteiger partial charge < -0.3 is 10.4 Å². The van der Waals surface area contributed by atoms with Crippen LogP contribution in [0.15, 0.2) is 48.5 Å². The van der Waals surface area contributed by atoms with E-state index in [1.165, 1.54) is 12.1 Å². The van der Waals surface area contributed by atoms with E-state index >= 15 is 0 Å². The summed E-state index contributed by atoms with van der Waals surface area (Å²) in [5, 5.41) is 22.7. The predicted octanol–water partition coefficient (Wildman–Crippen LogP) is 3.49. The van der Waals surface area contributed by atoms with Crippen LogP contribution < -0.4 is 5.32 Å². The van der Waals surface area contributed by atoms with Crippen molar-refractivity contribution >= 4 is 23.2 Å². The van der Waals surface area contributed by atoms with Gasteiger partial charge in [-0.25, -0.2) is 0 Å². The van der Waals surface area contributed by atoms with Crippen molar-refractivity contribution in [3.8, 4) is 0 Å². The lowest BCUT2D eigenvalue weighted by Crippen LogP contribution is -2.29. The molecule has 0 saturated heterocycles. The molecular weight excluding hydrogens is 332 g/mol. The van der Waals surface area contributed by atoms with E-state index in [4.69, 9.17) is 16.7 Å². The molecule has 1 unspecified atom stereocenters. The van der Waals surface area contributed by atoms with Crippen LogP contribution in [0.25, 0.3) is 0 Å². The molecule has 0 aliphatic carbocycles. The lowest BCUT2D eigenvalue weighted by atomic mass is 10.0. The van der Waals surface area contributed by atoms with Crippen molar-refractivity contribution < 1.29 is 14.8 Å². The van der Waals surface area contributed by atoms with Crippen LogP contribution in [0.4, 0.5) is 5.69 Å². The van der Waals surface area contributed by atoms with Crippen molar-refractivity contribution in [2.45, 2.75) is 18.9 Å². The number of rotatable bonds is 7. The van der Waals surface area contributed by atoms with E-state index in [-0.39, 0.29) is 28.9 Å². The zero-order valence-corrected chi connectivity index (χ0v) is 13.6. The van der Waals surface area contributed by atoms with Gasteiger partial charge in [0.1, 0.15) is 0 Å². The maximum Gasteiger partial charge on any atom is 0.270 e. The largest absolute Gasteiger partial charge is 0.396 e. The van der Waals surface area contributed by atoms with Crippen molar-refractivity contribution in [1.29, 1.82) is 0 Å². The summed E-state index contributed by atoms with van der Waals surface area (Å²) in [6, 6.07) is 12.8. The van der Waals surface area contributed by atoms with Gasteiger partial charge in [0.25, 0.3) is 11.6 Å². The van der Waals surface area contributed by atoms with Crippen molar-refractivity contribution in [1.82, 2.24) is 5.32 Å². The number of nitrogens with zero attached hydrogens (tertiary/aromatic N) is 1. The maximum atomic E-state index is 12.5. The van der Waals surface area contributed by atoms with E-state index < -0.39 is 10.8 Å². The lowest BCUT2D eigenvalue weighted by Gasteiger charge is -2.19. The van der Waals surface area contributed by atoms with Crippen LogP contribution in [-0.2, 0) is 0 Å². The number of halogens is 1. The number of amides is 1. The predicted molar refractivity (Wildman–Crippen MR) is 91.1 cm³/mol. The average Bonchev–Trinajstić information content (AvgIpc) is 2.58. The van der Waals surface area contributed by atoms with Crippen LogP contribution in [0.2, 0.25) is 5.02 Å². The molecule has 0 bridgehead atoms. The second-order valence-corrected chi connectivity index (χ2v) is 5.63. The second kappa shape index (κ2) is 8.42. The number of nitrogens with one attached hydrogen (secondary N) is 1. The minimum atomic E-state index is -0.568. The lowest BCUT2D eigenvalue weighted by molar-refractivity contribution is -0.384. The zero-order chi connectivity index (χ0) is 17.5. The molecule has 2 N–H and O–H groups in total. The number of hydrogen-bond donors (Lipinski definition) is 2. The van der Waals surface area contributed by atoms with E-state index in [0.29, 0.717) is 12.8 Å². The summed E-state index contributed by atoms with van der Waals surface area (Å²) >= 11 is 6.00. The summed E-state index contributed by atoms with van der Waals surface area (Å²) in [7, 11) is 0. The number of carbonyl (C=O) groups is 1. The van der Waals surface area contributed by atoms with Crippen molar-refractivity contribution in [2.75, 3.05) is 6.61 Å². The third-order valence-electron chi connectivity index (χ3n) is 3.57. The van der Waals surface area contributed by atoms with Crippen LogP contribution in [0.5, 0.6) is 0 Å². The number of benzene rings is 2. The molecule has 0 fully saturated rings. The third-order valence-corrected chi connectivity index (χ3v) is 3.88. The van der Waals surface area contributed by atoms with Crippen LogP contribution in [0.1, 0.15) is 34.8 Å². The highest BCUT2D eigenvalue weighted by Crippen LogP contribution is 2.24. The summed E-state index contributed by atoms with van der Waals surface area (Å²) in [4.78, 5) is 22.6. The molecule has 2 aromatic rings. The minimum Gasteiger partial charge on any atom is -0.396 e. The first-order valence-corrected chi connectivity index (χ1v) is 7.81. The monoisotopic (exact) mass is 348 g/mol. The van der Waals surface area contributed by atoms with Crippen molar-refractivity contribution in [3.63, 3.8) is 0 Å². The first kappa shape index (κ1) is 17.9. The van der Waals surface area contributed by atoms with E-state index in [1.54, 1.807) is 0 Å². The Morgan fingerprint density at radius 3 is 2.54 bits per heavy atom. The van der Waals surface area contributed by atoms with Gasteiger partial charge in [-0.3, -0.25) is 14.9 Å². The fourth-order valence-electron chi connectivity index (χ4n) is 2.34. The first-order valence-electron chi connectivity index (χ1n) is 7.43. The molecule has 0 saturated carbocycles. The quantitative estimate of drug-likeness (QED) is 0.591. The fraction of sp³-hybridized carbons (Fsp3) is 0.235. The molecule has 2 rings (SSSR count). The Balaban J connectivity index is 2.19. The molecule has 0 aromatic heterocycles. The number of nitro groups is 1. The fourth-order valence-corrected chi connectivity index (χ4v) is 2.60. The SMILES string of the molecule is O=C(NC(CCCO)c1ccccc1)c1ccc([N+](=O)[O-])cc1Cl. The van der Waals surface area contributed by atoms with E-state index in [9.17, 15) is 14.9 Å². The molecular formula is C17H17ClN2O4. The first-order chi connectivity index (χ1) is 11.5. The smallest absolute Gasteiger partial charge is 0.270 e. The number of carbonyl (C=O) groups excluding carboxylic acids is 1. The Hall–Kier alpha value is -2.44. The highest BCUT2D eigenvalue weighted by molar-refractivity contribution is 6.34. The zero-order valence-electron chi connectivity index (χ0n) is 12.8. The van der Waals surface area contributed by atoms with Crippen LogP contribution in [0.3, 0.4) is 0 Å². The van der Waals surface area contributed by atoms with E-state index in [0.717, 1.165) is 11.6 Å². The third kappa shape index (κ3) is 4.53. The van der Waals surface area contributed by atoms with Gasteiger partial charge in [-0.15, -0.1) is 0 Å². The van der Waals surface area contributed by atoms with Gasteiger partial charge in [-0.05, 0) is 24.5 Å². The van der Waals surface area contributed by atoms with Gasteiger partial charge in [0.2, 0.25) is 0 Å². The molecule has 2 aromatic carbocycles. The molecule has 7 heteroatoms. The summed E-state index contributed by atoms with van der Waals surface area (Å²) in [6.45, 7) is 0.0253. The number of nitro benzene ring substituents is 1. The number of aliphatic hydroxyl groups excluding tert-OH is 1. The highest BCUT2D eigenvalue weighted by Gasteiger charge is 2.19. The van der Waals surface area contributed by atoms with Crippen molar-refractivity contribution in [3.05, 3.63) is 74.8 Å².